The lowest BCUT2D eigenvalue weighted by molar-refractivity contribution is 0.363. The first-order valence-electron chi connectivity index (χ1n) is 12.4. The molecular formula is C31H28N4O4. The summed E-state index contributed by atoms with van der Waals surface area (Å²) in [4.78, 5) is 27.1. The Kier molecular flexibility index (Phi) is 6.98. The zero-order valence-electron chi connectivity index (χ0n) is 21.8. The van der Waals surface area contributed by atoms with Crippen molar-refractivity contribution in [3.63, 3.8) is 0 Å². The first kappa shape index (κ1) is 25.5. The zero-order chi connectivity index (χ0) is 27.5. The molecule has 0 aliphatic rings. The quantitative estimate of drug-likeness (QED) is 0.219. The number of aryl methyl sites for hydroxylation is 2. The summed E-state index contributed by atoms with van der Waals surface area (Å²) in [6.07, 6.45) is 5.50. The van der Waals surface area contributed by atoms with Gasteiger partial charge in [0.1, 0.15) is 18.1 Å². The van der Waals surface area contributed by atoms with Crippen LogP contribution in [-0.2, 0) is 0 Å². The average Bonchev–Trinajstić information content (AvgIpc) is 3.52. The van der Waals surface area contributed by atoms with Crippen LogP contribution in [0.4, 0.5) is 0 Å². The van der Waals surface area contributed by atoms with Gasteiger partial charge in [-0.1, -0.05) is 65.6 Å². The van der Waals surface area contributed by atoms with E-state index in [1.165, 1.54) is 0 Å². The summed E-state index contributed by atoms with van der Waals surface area (Å²) in [6.45, 7) is 3.99. The summed E-state index contributed by atoms with van der Waals surface area (Å²) in [5.41, 5.74) is 5.40. The van der Waals surface area contributed by atoms with Gasteiger partial charge in [-0.2, -0.15) is 0 Å². The van der Waals surface area contributed by atoms with Crippen LogP contribution in [0.3, 0.4) is 0 Å². The van der Waals surface area contributed by atoms with Gasteiger partial charge < -0.3 is 9.47 Å². The number of aromatic amines is 4. The minimum Gasteiger partial charge on any atom is -0.497 e. The van der Waals surface area contributed by atoms with Crippen LogP contribution in [0.2, 0.25) is 0 Å². The maximum absolute atomic E-state index is 13.6. The van der Waals surface area contributed by atoms with Crippen LogP contribution in [-0.4, -0.2) is 34.1 Å². The minimum atomic E-state index is -0.856. The van der Waals surface area contributed by atoms with E-state index in [2.05, 4.69) is 26.3 Å². The van der Waals surface area contributed by atoms with Crippen molar-refractivity contribution in [2.75, 3.05) is 13.7 Å². The van der Waals surface area contributed by atoms with Gasteiger partial charge in [0.05, 0.1) is 35.5 Å². The molecule has 5 aromatic rings. The summed E-state index contributed by atoms with van der Waals surface area (Å²) in [5.74, 6) is 2.60. The highest BCUT2D eigenvalue weighted by atomic mass is 16.5. The topological polar surface area (TPSA) is 116 Å². The fourth-order valence-corrected chi connectivity index (χ4v) is 4.77. The second-order valence-electron chi connectivity index (χ2n) is 9.30. The van der Waals surface area contributed by atoms with Crippen molar-refractivity contribution in [3.8, 4) is 46.4 Å². The molecule has 0 aliphatic carbocycles. The van der Waals surface area contributed by atoms with E-state index in [1.807, 2.05) is 62.4 Å². The number of benzene rings is 3. The number of hydrogen-bond acceptors (Lipinski definition) is 4. The van der Waals surface area contributed by atoms with Crippen molar-refractivity contribution in [1.29, 1.82) is 0 Å². The molecule has 0 amide bonds. The molecule has 196 valence electrons. The Morgan fingerprint density at radius 2 is 1.28 bits per heavy atom. The van der Waals surface area contributed by atoms with Crippen molar-refractivity contribution in [2.24, 2.45) is 0 Å². The Hall–Kier alpha value is -5.16. The second kappa shape index (κ2) is 10.7. The number of nitrogens with one attached hydrogen (secondary N) is 4. The van der Waals surface area contributed by atoms with Crippen molar-refractivity contribution in [1.82, 2.24) is 20.4 Å². The van der Waals surface area contributed by atoms with Crippen LogP contribution in [0.5, 0.6) is 11.5 Å². The third-order valence-corrected chi connectivity index (χ3v) is 6.73. The SMILES string of the molecule is C#CCOc1ccc(OC)cc1C(c1c(-c2ccc(C)cc2)[nH][nH]c1=O)c1c(-c2ccc(C)cc2)[nH][nH]c1=O. The summed E-state index contributed by atoms with van der Waals surface area (Å²) < 4.78 is 11.5. The molecule has 2 heterocycles. The van der Waals surface area contributed by atoms with E-state index in [4.69, 9.17) is 15.9 Å². The Labute approximate surface area is 225 Å². The fourth-order valence-electron chi connectivity index (χ4n) is 4.77. The summed E-state index contributed by atoms with van der Waals surface area (Å²) in [5, 5.41) is 11.5. The van der Waals surface area contributed by atoms with Crippen LogP contribution in [0.25, 0.3) is 22.5 Å². The van der Waals surface area contributed by atoms with E-state index in [0.717, 1.165) is 22.3 Å². The van der Waals surface area contributed by atoms with Gasteiger partial charge in [0.2, 0.25) is 0 Å². The highest BCUT2D eigenvalue weighted by Crippen LogP contribution is 2.42. The second-order valence-corrected chi connectivity index (χ2v) is 9.30. The zero-order valence-corrected chi connectivity index (χ0v) is 21.8. The highest BCUT2D eigenvalue weighted by molar-refractivity contribution is 5.71. The minimum absolute atomic E-state index is 0.00861. The van der Waals surface area contributed by atoms with Crippen LogP contribution in [0.15, 0.2) is 76.3 Å². The van der Waals surface area contributed by atoms with E-state index < -0.39 is 5.92 Å². The molecule has 0 saturated carbocycles. The van der Waals surface area contributed by atoms with Gasteiger partial charge in [-0.05, 0) is 43.2 Å². The van der Waals surface area contributed by atoms with Gasteiger partial charge in [-0.25, -0.2) is 0 Å². The van der Waals surface area contributed by atoms with Crippen LogP contribution < -0.4 is 20.6 Å². The van der Waals surface area contributed by atoms with E-state index in [-0.39, 0.29) is 17.7 Å². The average molecular weight is 521 g/mol. The molecule has 0 unspecified atom stereocenters. The maximum Gasteiger partial charge on any atom is 0.268 e. The molecule has 0 saturated heterocycles. The van der Waals surface area contributed by atoms with E-state index >= 15 is 0 Å². The number of terminal acetylenes is 1. The first-order chi connectivity index (χ1) is 18.9. The molecule has 4 N–H and O–H groups in total. The van der Waals surface area contributed by atoms with E-state index in [0.29, 0.717) is 39.6 Å². The molecule has 0 fully saturated rings. The molecule has 39 heavy (non-hydrogen) atoms. The van der Waals surface area contributed by atoms with E-state index in [1.54, 1.807) is 25.3 Å². The van der Waals surface area contributed by atoms with Crippen LogP contribution in [0, 0.1) is 26.2 Å². The Morgan fingerprint density at radius 3 is 1.74 bits per heavy atom. The van der Waals surface area contributed by atoms with Gasteiger partial charge in [0.15, 0.2) is 0 Å². The molecule has 8 heteroatoms. The van der Waals surface area contributed by atoms with Gasteiger partial charge >= 0.3 is 0 Å². The lowest BCUT2D eigenvalue weighted by atomic mass is 9.82. The molecule has 0 radical (unpaired) electrons. The molecule has 0 atom stereocenters. The van der Waals surface area contributed by atoms with Gasteiger partial charge in [-0.3, -0.25) is 30.0 Å². The van der Waals surface area contributed by atoms with Crippen molar-refractivity contribution in [3.05, 3.63) is 115 Å². The molecule has 0 aliphatic heterocycles. The van der Waals surface area contributed by atoms with Crippen molar-refractivity contribution in [2.45, 2.75) is 19.8 Å². The third-order valence-electron chi connectivity index (χ3n) is 6.73. The van der Waals surface area contributed by atoms with E-state index in [9.17, 15) is 9.59 Å². The Bertz CT molecular complexity index is 1670. The van der Waals surface area contributed by atoms with Crippen LogP contribution >= 0.6 is 0 Å². The molecular weight excluding hydrogens is 492 g/mol. The standard InChI is InChI=1S/C31H28N4O4/c1-5-16-39-24-15-14-22(38-4)17-23(24)25(26-28(32-34-30(26)36)20-10-6-18(2)7-11-20)27-29(33-35-31(27)37)21-12-8-19(3)9-13-21/h1,6-15,17,25H,16H2,2-4H3,(H2,32,34,36)(H2,33,35,37). The molecule has 8 nitrogen and oxygen atoms in total. The molecule has 2 aromatic heterocycles. The third kappa shape index (κ3) is 4.90. The predicted molar refractivity (Wildman–Crippen MR) is 151 cm³/mol. The van der Waals surface area contributed by atoms with Crippen molar-refractivity contribution < 1.29 is 9.47 Å². The number of ether oxygens (including phenoxy) is 2. The normalized spacial score (nSPS) is 10.9. The number of H-pyrrole nitrogens is 4. The lowest BCUT2D eigenvalue weighted by Crippen LogP contribution is -2.21. The lowest BCUT2D eigenvalue weighted by Gasteiger charge is -2.21. The monoisotopic (exact) mass is 520 g/mol. The first-order valence-corrected chi connectivity index (χ1v) is 12.4. The Morgan fingerprint density at radius 1 is 0.769 bits per heavy atom. The fraction of sp³-hybridized carbons (Fsp3) is 0.161. The molecule has 5 rings (SSSR count). The largest absolute Gasteiger partial charge is 0.497 e. The molecule has 3 aromatic carbocycles. The summed E-state index contributed by atoms with van der Waals surface area (Å²) in [7, 11) is 1.55. The number of rotatable bonds is 8. The van der Waals surface area contributed by atoms with Gasteiger partial charge in [-0.15, -0.1) is 6.42 Å². The predicted octanol–water partition coefficient (Wildman–Crippen LogP) is 4.87. The summed E-state index contributed by atoms with van der Waals surface area (Å²) in [6, 6.07) is 20.8. The maximum atomic E-state index is 13.6. The number of hydrogen-bond donors (Lipinski definition) is 4. The summed E-state index contributed by atoms with van der Waals surface area (Å²) >= 11 is 0. The number of aromatic nitrogens is 4. The van der Waals surface area contributed by atoms with Gasteiger partial charge in [0.25, 0.3) is 11.1 Å². The van der Waals surface area contributed by atoms with Gasteiger partial charge in [0, 0.05) is 5.56 Å². The Balaban J connectivity index is 1.85. The molecule has 0 spiro atoms. The number of methoxy groups -OCH3 is 1. The van der Waals surface area contributed by atoms with Crippen molar-refractivity contribution >= 4 is 0 Å². The smallest absolute Gasteiger partial charge is 0.268 e. The van der Waals surface area contributed by atoms with Crippen LogP contribution in [0.1, 0.15) is 33.7 Å². The highest BCUT2D eigenvalue weighted by Gasteiger charge is 2.33. The molecule has 0 bridgehead atoms.